The van der Waals surface area contributed by atoms with Crippen LogP contribution in [0.15, 0.2) is 78.9 Å². The van der Waals surface area contributed by atoms with Gasteiger partial charge in [-0.1, -0.05) is 66.7 Å². The normalized spacial score (nSPS) is 17.1. The molecule has 0 N–H and O–H groups in total. The molecule has 3 aromatic carbocycles. The summed E-state index contributed by atoms with van der Waals surface area (Å²) >= 11 is 0. The number of methoxy groups -OCH3 is 1. The van der Waals surface area contributed by atoms with Gasteiger partial charge in [-0.15, -0.1) is 0 Å². The Labute approximate surface area is 172 Å². The summed E-state index contributed by atoms with van der Waals surface area (Å²) in [5.74, 6) is 1.49. The first-order valence-electron chi connectivity index (χ1n) is 10.0. The van der Waals surface area contributed by atoms with E-state index in [0.717, 1.165) is 48.9 Å². The monoisotopic (exact) mass is 389 g/mol. The van der Waals surface area contributed by atoms with Crippen LogP contribution in [-0.2, 0) is 17.9 Å². The van der Waals surface area contributed by atoms with Crippen LogP contribution in [0.2, 0.25) is 0 Å². The second-order valence-corrected chi connectivity index (χ2v) is 7.26. The van der Waals surface area contributed by atoms with Gasteiger partial charge in [0.25, 0.3) is 0 Å². The van der Waals surface area contributed by atoms with E-state index >= 15 is 0 Å². The molecule has 1 unspecified atom stereocenters. The second kappa shape index (κ2) is 9.59. The van der Waals surface area contributed by atoms with Gasteiger partial charge in [0.15, 0.2) is 11.5 Å². The maximum Gasteiger partial charge on any atom is 0.161 e. The van der Waals surface area contributed by atoms with E-state index in [9.17, 15) is 0 Å². The molecule has 150 valence electrons. The minimum atomic E-state index is 0.0320. The summed E-state index contributed by atoms with van der Waals surface area (Å²) in [6.45, 7) is 3.99. The van der Waals surface area contributed by atoms with Crippen molar-refractivity contribution in [3.63, 3.8) is 0 Å². The predicted octanol–water partition coefficient (Wildman–Crippen LogP) is 4.85. The molecule has 1 aliphatic heterocycles. The molecule has 0 aliphatic carbocycles. The lowest BCUT2D eigenvalue weighted by molar-refractivity contribution is -0.0330. The van der Waals surface area contributed by atoms with Crippen molar-refractivity contribution >= 4 is 0 Å². The van der Waals surface area contributed by atoms with Gasteiger partial charge in [-0.3, -0.25) is 4.90 Å². The third-order valence-corrected chi connectivity index (χ3v) is 5.20. The Morgan fingerprint density at radius 2 is 1.62 bits per heavy atom. The van der Waals surface area contributed by atoms with E-state index in [1.54, 1.807) is 7.11 Å². The molecule has 1 aliphatic rings. The molecule has 1 fully saturated rings. The number of hydrogen-bond donors (Lipinski definition) is 0. The Bertz CT molecular complexity index is 898. The van der Waals surface area contributed by atoms with Crippen LogP contribution in [0.25, 0.3) is 0 Å². The molecule has 0 aromatic heterocycles. The van der Waals surface area contributed by atoms with E-state index < -0.39 is 0 Å². The predicted molar refractivity (Wildman–Crippen MR) is 114 cm³/mol. The van der Waals surface area contributed by atoms with E-state index in [2.05, 4.69) is 53.4 Å². The summed E-state index contributed by atoms with van der Waals surface area (Å²) in [4.78, 5) is 2.44. The van der Waals surface area contributed by atoms with Gasteiger partial charge >= 0.3 is 0 Å². The molecule has 4 nitrogen and oxygen atoms in total. The number of rotatable bonds is 7. The largest absolute Gasteiger partial charge is 0.493 e. The Balaban J connectivity index is 1.42. The topological polar surface area (TPSA) is 30.9 Å². The van der Waals surface area contributed by atoms with E-state index in [-0.39, 0.29) is 6.10 Å². The lowest BCUT2D eigenvalue weighted by Gasteiger charge is -2.33. The summed E-state index contributed by atoms with van der Waals surface area (Å²) in [5.41, 5.74) is 3.58. The molecule has 1 heterocycles. The fourth-order valence-corrected chi connectivity index (χ4v) is 3.63. The Morgan fingerprint density at radius 3 is 2.34 bits per heavy atom. The molecule has 0 saturated carbocycles. The fraction of sp³-hybridized carbons (Fsp3) is 0.280. The maximum absolute atomic E-state index is 6.06. The SMILES string of the molecule is COc1cc(C2CN(Cc3ccccc3)CCO2)ccc1OCc1ccccc1. The molecule has 0 amide bonds. The van der Waals surface area contributed by atoms with E-state index in [1.807, 2.05) is 30.3 Å². The molecule has 1 saturated heterocycles. The van der Waals surface area contributed by atoms with Crippen molar-refractivity contribution in [2.45, 2.75) is 19.3 Å². The number of hydrogen-bond acceptors (Lipinski definition) is 4. The van der Waals surface area contributed by atoms with Crippen molar-refractivity contribution in [3.8, 4) is 11.5 Å². The van der Waals surface area contributed by atoms with Crippen molar-refractivity contribution in [3.05, 3.63) is 95.6 Å². The number of morpholine rings is 1. The van der Waals surface area contributed by atoms with Crippen LogP contribution >= 0.6 is 0 Å². The standard InChI is InChI=1S/C25H27NO3/c1-27-24-16-22(12-13-23(24)29-19-21-10-6-3-7-11-21)25-18-26(14-15-28-25)17-20-8-4-2-5-9-20/h2-13,16,25H,14-15,17-19H2,1H3. The van der Waals surface area contributed by atoms with Crippen LogP contribution in [-0.4, -0.2) is 31.7 Å². The number of benzene rings is 3. The van der Waals surface area contributed by atoms with Gasteiger partial charge in [-0.25, -0.2) is 0 Å². The summed E-state index contributed by atoms with van der Waals surface area (Å²) < 4.78 is 17.6. The summed E-state index contributed by atoms with van der Waals surface area (Å²) in [5, 5.41) is 0. The molecule has 0 bridgehead atoms. The minimum Gasteiger partial charge on any atom is -0.493 e. The Morgan fingerprint density at radius 1 is 0.897 bits per heavy atom. The number of nitrogens with zero attached hydrogens (tertiary/aromatic N) is 1. The Hall–Kier alpha value is -2.82. The van der Waals surface area contributed by atoms with Gasteiger partial charge in [-0.05, 0) is 28.8 Å². The first-order chi connectivity index (χ1) is 14.3. The Kier molecular flexibility index (Phi) is 6.45. The first kappa shape index (κ1) is 19.5. The molecule has 0 spiro atoms. The highest BCUT2D eigenvalue weighted by atomic mass is 16.5. The zero-order valence-corrected chi connectivity index (χ0v) is 16.8. The third-order valence-electron chi connectivity index (χ3n) is 5.20. The van der Waals surface area contributed by atoms with E-state index in [0.29, 0.717) is 6.61 Å². The van der Waals surface area contributed by atoms with Gasteiger partial charge in [-0.2, -0.15) is 0 Å². The molecule has 0 radical (unpaired) electrons. The zero-order valence-electron chi connectivity index (χ0n) is 16.8. The quantitative estimate of drug-likeness (QED) is 0.578. The molecule has 4 rings (SSSR count). The molecule has 29 heavy (non-hydrogen) atoms. The molecular formula is C25H27NO3. The van der Waals surface area contributed by atoms with Crippen LogP contribution in [0.1, 0.15) is 22.8 Å². The molecular weight excluding hydrogens is 362 g/mol. The third kappa shape index (κ3) is 5.17. The van der Waals surface area contributed by atoms with Gasteiger partial charge < -0.3 is 14.2 Å². The van der Waals surface area contributed by atoms with Crippen molar-refractivity contribution in [2.75, 3.05) is 26.8 Å². The molecule has 4 heteroatoms. The highest BCUT2D eigenvalue weighted by Gasteiger charge is 2.23. The van der Waals surface area contributed by atoms with E-state index in [4.69, 9.17) is 14.2 Å². The van der Waals surface area contributed by atoms with Gasteiger partial charge in [0.2, 0.25) is 0 Å². The second-order valence-electron chi connectivity index (χ2n) is 7.26. The van der Waals surface area contributed by atoms with Gasteiger partial charge in [0.05, 0.1) is 19.8 Å². The van der Waals surface area contributed by atoms with E-state index in [1.165, 1.54) is 5.56 Å². The first-order valence-corrected chi connectivity index (χ1v) is 10.0. The summed E-state index contributed by atoms with van der Waals surface area (Å²) in [6.07, 6.45) is 0.0320. The fourth-order valence-electron chi connectivity index (χ4n) is 3.63. The van der Waals surface area contributed by atoms with Crippen LogP contribution in [0.3, 0.4) is 0 Å². The van der Waals surface area contributed by atoms with Gasteiger partial charge in [0.1, 0.15) is 6.61 Å². The number of ether oxygens (including phenoxy) is 3. The average molecular weight is 389 g/mol. The van der Waals surface area contributed by atoms with Crippen LogP contribution in [0.4, 0.5) is 0 Å². The van der Waals surface area contributed by atoms with Crippen LogP contribution in [0.5, 0.6) is 11.5 Å². The average Bonchev–Trinajstić information content (AvgIpc) is 2.79. The van der Waals surface area contributed by atoms with Gasteiger partial charge in [0, 0.05) is 19.6 Å². The minimum absolute atomic E-state index is 0.0320. The molecule has 1 atom stereocenters. The lowest BCUT2D eigenvalue weighted by atomic mass is 10.1. The van der Waals surface area contributed by atoms with Crippen molar-refractivity contribution in [2.24, 2.45) is 0 Å². The van der Waals surface area contributed by atoms with Crippen molar-refractivity contribution < 1.29 is 14.2 Å². The lowest BCUT2D eigenvalue weighted by Crippen LogP contribution is -2.37. The highest BCUT2D eigenvalue weighted by Crippen LogP contribution is 2.33. The highest BCUT2D eigenvalue weighted by molar-refractivity contribution is 5.44. The zero-order chi connectivity index (χ0) is 19.9. The smallest absolute Gasteiger partial charge is 0.161 e. The summed E-state index contributed by atoms with van der Waals surface area (Å²) in [6, 6.07) is 26.8. The molecule has 3 aromatic rings. The summed E-state index contributed by atoms with van der Waals surface area (Å²) in [7, 11) is 1.68. The van der Waals surface area contributed by atoms with Crippen molar-refractivity contribution in [1.29, 1.82) is 0 Å². The van der Waals surface area contributed by atoms with Crippen molar-refractivity contribution in [1.82, 2.24) is 4.90 Å². The van der Waals surface area contributed by atoms with Crippen LogP contribution in [0, 0.1) is 0 Å². The maximum atomic E-state index is 6.06. The van der Waals surface area contributed by atoms with Crippen LogP contribution < -0.4 is 9.47 Å².